The van der Waals surface area contributed by atoms with Crippen molar-refractivity contribution in [1.82, 2.24) is 0 Å². The van der Waals surface area contributed by atoms with Crippen LogP contribution in [-0.2, 0) is 23.7 Å². The van der Waals surface area contributed by atoms with Crippen molar-refractivity contribution in [3.05, 3.63) is 48.0 Å². The Kier molecular flexibility index (Phi) is 13.1. The second kappa shape index (κ2) is 15.5. The number of benzene rings is 1. The Balaban J connectivity index is 2.33. The Bertz CT molecular complexity index is 783. The third-order valence-corrected chi connectivity index (χ3v) is 7.36. The standard InChI is InChI=1S/C29H46O7/c1-19-16-17-25(34-5)24(33-4)15-11-10-14-23(22-12-8-7-9-13-22)36-29(32)21(3)27(31)28(35-6)26(30)20(2)18-19/h7-9,12-13,16-17,19-21,23-28,30-31H,10-11,14-15,18H2,1-6H3/t19-,20+,21-,23-,24-,25+,26-,27-,28+/m0/s1. The fourth-order valence-electron chi connectivity index (χ4n) is 4.99. The number of allylic oxidation sites excluding steroid dienone is 1. The van der Waals surface area contributed by atoms with Crippen molar-refractivity contribution in [2.75, 3.05) is 21.3 Å². The van der Waals surface area contributed by atoms with E-state index in [0.717, 1.165) is 24.8 Å². The number of hydrogen-bond acceptors (Lipinski definition) is 7. The van der Waals surface area contributed by atoms with E-state index in [-0.39, 0.29) is 24.0 Å². The summed E-state index contributed by atoms with van der Waals surface area (Å²) >= 11 is 0. The highest BCUT2D eigenvalue weighted by Gasteiger charge is 2.38. The Morgan fingerprint density at radius 3 is 2.14 bits per heavy atom. The van der Waals surface area contributed by atoms with Gasteiger partial charge < -0.3 is 29.2 Å². The molecule has 7 nitrogen and oxygen atoms in total. The molecule has 1 aromatic carbocycles. The minimum atomic E-state index is -1.21. The second-order valence-corrected chi connectivity index (χ2v) is 10.1. The maximum Gasteiger partial charge on any atom is 0.312 e. The maximum absolute atomic E-state index is 13.1. The Hall–Kier alpha value is -1.77. The molecule has 0 bridgehead atoms. The summed E-state index contributed by atoms with van der Waals surface area (Å²) in [4.78, 5) is 13.1. The number of aliphatic hydroxyl groups is 2. The Morgan fingerprint density at radius 2 is 1.53 bits per heavy atom. The second-order valence-electron chi connectivity index (χ2n) is 10.1. The lowest BCUT2D eigenvalue weighted by Gasteiger charge is -2.33. The summed E-state index contributed by atoms with van der Waals surface area (Å²) in [6.07, 6.45) is 4.19. The van der Waals surface area contributed by atoms with Gasteiger partial charge in [0, 0.05) is 21.3 Å². The van der Waals surface area contributed by atoms with Crippen LogP contribution in [0.4, 0.5) is 0 Å². The smallest absolute Gasteiger partial charge is 0.312 e. The van der Waals surface area contributed by atoms with Gasteiger partial charge in [0.05, 0.1) is 24.2 Å². The van der Waals surface area contributed by atoms with Gasteiger partial charge in [-0.15, -0.1) is 0 Å². The number of cyclic esters (lactones) is 1. The molecule has 0 spiro atoms. The molecule has 9 atom stereocenters. The Morgan fingerprint density at radius 1 is 0.861 bits per heavy atom. The van der Waals surface area contributed by atoms with Gasteiger partial charge in [-0.3, -0.25) is 4.79 Å². The average Bonchev–Trinajstić information content (AvgIpc) is 2.88. The summed E-state index contributed by atoms with van der Waals surface area (Å²) in [5.74, 6) is -1.39. The van der Waals surface area contributed by atoms with Crippen LogP contribution in [0.15, 0.2) is 42.5 Å². The fourth-order valence-corrected chi connectivity index (χ4v) is 4.99. The van der Waals surface area contributed by atoms with Crippen LogP contribution in [0.3, 0.4) is 0 Å². The lowest BCUT2D eigenvalue weighted by atomic mass is 9.85. The van der Waals surface area contributed by atoms with Crippen LogP contribution in [0.2, 0.25) is 0 Å². The first-order valence-electron chi connectivity index (χ1n) is 13.1. The first-order valence-corrected chi connectivity index (χ1v) is 13.1. The van der Waals surface area contributed by atoms with Crippen molar-refractivity contribution < 1.29 is 34.0 Å². The number of hydrogen-bond donors (Lipinski definition) is 2. The zero-order valence-electron chi connectivity index (χ0n) is 22.7. The van der Waals surface area contributed by atoms with Crippen molar-refractivity contribution in [3.63, 3.8) is 0 Å². The maximum atomic E-state index is 13.1. The van der Waals surface area contributed by atoms with Crippen LogP contribution in [0.5, 0.6) is 0 Å². The molecule has 36 heavy (non-hydrogen) atoms. The highest BCUT2D eigenvalue weighted by Crippen LogP contribution is 2.29. The summed E-state index contributed by atoms with van der Waals surface area (Å²) in [6.45, 7) is 5.62. The van der Waals surface area contributed by atoms with E-state index in [1.807, 2.05) is 43.3 Å². The molecule has 204 valence electrons. The third kappa shape index (κ3) is 8.67. The fraction of sp³-hybridized carbons (Fsp3) is 0.690. The van der Waals surface area contributed by atoms with Crippen molar-refractivity contribution >= 4 is 5.97 Å². The van der Waals surface area contributed by atoms with Crippen molar-refractivity contribution in [2.24, 2.45) is 17.8 Å². The number of carbonyl (C=O) groups excluding carboxylic acids is 1. The average molecular weight is 507 g/mol. The van der Waals surface area contributed by atoms with E-state index in [0.29, 0.717) is 12.8 Å². The number of methoxy groups -OCH3 is 3. The molecule has 0 unspecified atom stereocenters. The summed E-state index contributed by atoms with van der Waals surface area (Å²) in [5.41, 5.74) is 0.911. The summed E-state index contributed by atoms with van der Waals surface area (Å²) in [5, 5.41) is 22.0. The molecule has 0 aliphatic carbocycles. The monoisotopic (exact) mass is 506 g/mol. The van der Waals surface area contributed by atoms with E-state index in [4.69, 9.17) is 18.9 Å². The van der Waals surface area contributed by atoms with Crippen LogP contribution in [0.1, 0.15) is 64.5 Å². The van der Waals surface area contributed by atoms with Gasteiger partial charge in [-0.2, -0.15) is 0 Å². The third-order valence-electron chi connectivity index (χ3n) is 7.36. The van der Waals surface area contributed by atoms with Gasteiger partial charge in [-0.25, -0.2) is 0 Å². The van der Waals surface area contributed by atoms with E-state index in [9.17, 15) is 15.0 Å². The van der Waals surface area contributed by atoms with Gasteiger partial charge in [0.2, 0.25) is 0 Å². The van der Waals surface area contributed by atoms with Gasteiger partial charge >= 0.3 is 5.97 Å². The highest BCUT2D eigenvalue weighted by atomic mass is 16.5. The summed E-state index contributed by atoms with van der Waals surface area (Å²) in [6, 6.07) is 9.65. The van der Waals surface area contributed by atoms with Crippen LogP contribution in [0.25, 0.3) is 0 Å². The van der Waals surface area contributed by atoms with Crippen LogP contribution in [0, 0.1) is 17.8 Å². The molecule has 0 radical (unpaired) electrons. The lowest BCUT2D eigenvalue weighted by Crippen LogP contribution is -2.47. The Labute approximate surface area is 216 Å². The number of ether oxygens (including phenoxy) is 4. The molecule has 1 heterocycles. The van der Waals surface area contributed by atoms with E-state index in [2.05, 4.69) is 13.0 Å². The number of esters is 1. The SMILES string of the molecule is CO[C@@H]1[C@@H](O)[C@H](C)C[C@@H](C)C=C[C@@H](OC)[C@@H](OC)CCCC[C@@H](c2ccccc2)OC(=O)[C@@H](C)[C@@H]1O. The zero-order chi connectivity index (χ0) is 26.7. The largest absolute Gasteiger partial charge is 0.457 e. The first kappa shape index (κ1) is 30.5. The van der Waals surface area contributed by atoms with E-state index < -0.39 is 36.3 Å². The van der Waals surface area contributed by atoms with Crippen molar-refractivity contribution in [1.29, 1.82) is 0 Å². The molecule has 2 rings (SSSR count). The summed E-state index contributed by atoms with van der Waals surface area (Å²) < 4.78 is 22.9. The number of carbonyl (C=O) groups is 1. The summed E-state index contributed by atoms with van der Waals surface area (Å²) in [7, 11) is 4.82. The van der Waals surface area contributed by atoms with Crippen molar-refractivity contribution in [2.45, 2.75) is 89.5 Å². The van der Waals surface area contributed by atoms with Crippen LogP contribution in [-0.4, -0.2) is 68.0 Å². The van der Waals surface area contributed by atoms with E-state index in [1.54, 1.807) is 21.1 Å². The molecule has 0 saturated heterocycles. The highest BCUT2D eigenvalue weighted by molar-refractivity contribution is 5.73. The normalized spacial score (nSPS) is 36.0. The zero-order valence-corrected chi connectivity index (χ0v) is 22.7. The topological polar surface area (TPSA) is 94.5 Å². The molecule has 0 amide bonds. The van der Waals surface area contributed by atoms with E-state index >= 15 is 0 Å². The first-order chi connectivity index (χ1) is 17.2. The molecule has 0 fully saturated rings. The van der Waals surface area contributed by atoms with Crippen molar-refractivity contribution in [3.8, 4) is 0 Å². The van der Waals surface area contributed by atoms with Gasteiger partial charge in [0.15, 0.2) is 0 Å². The molecule has 1 aromatic rings. The number of aliphatic hydroxyl groups excluding tert-OH is 2. The van der Waals surface area contributed by atoms with E-state index in [1.165, 1.54) is 7.11 Å². The predicted octanol–water partition coefficient (Wildman–Crippen LogP) is 4.47. The van der Waals surface area contributed by atoms with Gasteiger partial charge in [-0.1, -0.05) is 62.8 Å². The minimum Gasteiger partial charge on any atom is -0.457 e. The molecule has 0 saturated carbocycles. The molecule has 1 aliphatic heterocycles. The van der Waals surface area contributed by atoms with Gasteiger partial charge in [0.1, 0.15) is 18.3 Å². The minimum absolute atomic E-state index is 0.0916. The molecular weight excluding hydrogens is 460 g/mol. The molecule has 7 heteroatoms. The van der Waals surface area contributed by atoms with Crippen LogP contribution < -0.4 is 0 Å². The van der Waals surface area contributed by atoms with Gasteiger partial charge in [0.25, 0.3) is 0 Å². The predicted molar refractivity (Wildman–Crippen MR) is 139 cm³/mol. The molecular formula is C29H46O7. The molecule has 0 aromatic heterocycles. The molecule has 2 N–H and O–H groups in total. The van der Waals surface area contributed by atoms with Gasteiger partial charge in [-0.05, 0) is 50.0 Å². The lowest BCUT2D eigenvalue weighted by molar-refractivity contribution is -0.167. The molecule has 1 aliphatic rings. The number of rotatable bonds is 4. The van der Waals surface area contributed by atoms with Crippen LogP contribution >= 0.6 is 0 Å². The quantitative estimate of drug-likeness (QED) is 0.460.